The molecule has 1 atom stereocenters. The van der Waals surface area contributed by atoms with E-state index in [4.69, 9.17) is 9.47 Å². The van der Waals surface area contributed by atoms with Gasteiger partial charge >= 0.3 is 0 Å². The van der Waals surface area contributed by atoms with Crippen LogP contribution in [0.2, 0.25) is 0 Å². The fraction of sp³-hybridized carbons (Fsp3) is 0.333. The van der Waals surface area contributed by atoms with Crippen LogP contribution in [0, 0.1) is 6.92 Å². The zero-order valence-corrected chi connectivity index (χ0v) is 17.1. The highest BCUT2D eigenvalue weighted by Gasteiger charge is 2.33. The monoisotopic (exact) mass is 409 g/mol. The molecule has 2 N–H and O–H groups in total. The van der Waals surface area contributed by atoms with E-state index in [1.165, 1.54) is 6.07 Å². The Balaban J connectivity index is 1.81. The van der Waals surface area contributed by atoms with Crippen molar-refractivity contribution >= 4 is 11.7 Å². The molecule has 1 aliphatic rings. The predicted molar refractivity (Wildman–Crippen MR) is 111 cm³/mol. The van der Waals surface area contributed by atoms with Gasteiger partial charge in [-0.25, -0.2) is 5.10 Å². The molecule has 1 unspecified atom stereocenters. The minimum Gasteiger partial charge on any atom is -0.490 e. The lowest BCUT2D eigenvalue weighted by molar-refractivity contribution is -0.116. The van der Waals surface area contributed by atoms with Gasteiger partial charge in [0.15, 0.2) is 17.3 Å². The summed E-state index contributed by atoms with van der Waals surface area (Å²) >= 11 is 0. The lowest BCUT2D eigenvalue weighted by atomic mass is 9.85. The number of ether oxygens (including phenoxy) is 2. The van der Waals surface area contributed by atoms with Gasteiger partial charge in [-0.2, -0.15) is 14.9 Å². The van der Waals surface area contributed by atoms with Crippen molar-refractivity contribution in [3.8, 4) is 17.3 Å². The SMILES string of the molecule is CCOc1ccc(C2CC(=O)Nc3c2c(C)nn3-c2ccc(=O)[nH]n2)cc1OCC. The molecule has 9 nitrogen and oxygen atoms in total. The number of anilines is 1. The Morgan fingerprint density at radius 1 is 1.10 bits per heavy atom. The number of rotatable bonds is 6. The highest BCUT2D eigenvalue weighted by molar-refractivity contribution is 5.95. The average molecular weight is 409 g/mol. The molecule has 156 valence electrons. The summed E-state index contributed by atoms with van der Waals surface area (Å²) in [6.07, 6.45) is 0.290. The van der Waals surface area contributed by atoms with Crippen molar-refractivity contribution in [2.24, 2.45) is 0 Å². The zero-order valence-electron chi connectivity index (χ0n) is 17.1. The third-order valence-electron chi connectivity index (χ3n) is 4.95. The van der Waals surface area contributed by atoms with Crippen molar-refractivity contribution in [1.29, 1.82) is 0 Å². The second-order valence-electron chi connectivity index (χ2n) is 6.92. The van der Waals surface area contributed by atoms with Crippen LogP contribution >= 0.6 is 0 Å². The number of amides is 1. The third-order valence-corrected chi connectivity index (χ3v) is 4.95. The number of nitrogens with one attached hydrogen (secondary N) is 2. The fourth-order valence-electron chi connectivity index (χ4n) is 3.74. The van der Waals surface area contributed by atoms with Crippen molar-refractivity contribution in [2.75, 3.05) is 18.5 Å². The van der Waals surface area contributed by atoms with E-state index in [9.17, 15) is 9.59 Å². The Morgan fingerprint density at radius 3 is 2.57 bits per heavy atom. The molecule has 1 amide bonds. The van der Waals surface area contributed by atoms with E-state index < -0.39 is 0 Å². The van der Waals surface area contributed by atoms with Crippen molar-refractivity contribution in [1.82, 2.24) is 20.0 Å². The van der Waals surface area contributed by atoms with E-state index in [-0.39, 0.29) is 23.8 Å². The van der Waals surface area contributed by atoms with Gasteiger partial charge in [-0.1, -0.05) is 6.07 Å². The Kier molecular flexibility index (Phi) is 5.26. The molecule has 1 aliphatic heterocycles. The average Bonchev–Trinajstić information content (AvgIpc) is 3.06. The van der Waals surface area contributed by atoms with E-state index >= 15 is 0 Å². The molecule has 9 heteroatoms. The summed E-state index contributed by atoms with van der Waals surface area (Å²) in [7, 11) is 0. The van der Waals surface area contributed by atoms with Gasteiger partial charge in [0.25, 0.3) is 5.56 Å². The number of nitrogens with zero attached hydrogens (tertiary/aromatic N) is 3. The van der Waals surface area contributed by atoms with Crippen LogP contribution in [-0.2, 0) is 4.79 Å². The highest BCUT2D eigenvalue weighted by Crippen LogP contribution is 2.42. The summed E-state index contributed by atoms with van der Waals surface area (Å²) in [6, 6.07) is 8.69. The maximum Gasteiger partial charge on any atom is 0.264 e. The summed E-state index contributed by atoms with van der Waals surface area (Å²) < 4.78 is 13.0. The number of aryl methyl sites for hydroxylation is 1. The van der Waals surface area contributed by atoms with Crippen LogP contribution in [0.4, 0.5) is 5.82 Å². The highest BCUT2D eigenvalue weighted by atomic mass is 16.5. The van der Waals surface area contributed by atoms with Gasteiger partial charge in [0.1, 0.15) is 5.82 Å². The molecule has 4 rings (SSSR count). The van der Waals surface area contributed by atoms with Crippen LogP contribution in [0.1, 0.15) is 43.0 Å². The van der Waals surface area contributed by atoms with Gasteiger partial charge < -0.3 is 14.8 Å². The number of benzene rings is 1. The molecule has 0 radical (unpaired) electrons. The number of hydrogen-bond donors (Lipinski definition) is 2. The molecule has 2 aromatic heterocycles. The van der Waals surface area contributed by atoms with E-state index in [0.717, 1.165) is 16.8 Å². The molecule has 1 aromatic carbocycles. The maximum absolute atomic E-state index is 12.6. The second-order valence-corrected chi connectivity index (χ2v) is 6.92. The first-order chi connectivity index (χ1) is 14.5. The van der Waals surface area contributed by atoms with E-state index in [0.29, 0.717) is 36.3 Å². The molecule has 0 bridgehead atoms. The molecule has 3 heterocycles. The molecule has 0 saturated carbocycles. The summed E-state index contributed by atoms with van der Waals surface area (Å²) in [5.74, 6) is 1.98. The predicted octanol–water partition coefficient (Wildman–Crippen LogP) is 2.54. The summed E-state index contributed by atoms with van der Waals surface area (Å²) in [6.45, 7) is 6.77. The van der Waals surface area contributed by atoms with Crippen LogP contribution in [-0.4, -0.2) is 39.1 Å². The lowest BCUT2D eigenvalue weighted by Crippen LogP contribution is -2.25. The van der Waals surface area contributed by atoms with E-state index in [1.807, 2.05) is 39.0 Å². The number of hydrogen-bond acceptors (Lipinski definition) is 6. The molecule has 0 aliphatic carbocycles. The molecule has 0 spiro atoms. The van der Waals surface area contributed by atoms with Crippen molar-refractivity contribution < 1.29 is 14.3 Å². The largest absolute Gasteiger partial charge is 0.490 e. The van der Waals surface area contributed by atoms with Crippen molar-refractivity contribution in [3.05, 3.63) is 57.5 Å². The number of carbonyl (C=O) groups excluding carboxylic acids is 1. The van der Waals surface area contributed by atoms with Crippen molar-refractivity contribution in [3.63, 3.8) is 0 Å². The molecule has 0 fully saturated rings. The van der Waals surface area contributed by atoms with Gasteiger partial charge in [0, 0.05) is 24.0 Å². The Bertz CT molecular complexity index is 1130. The van der Waals surface area contributed by atoms with Crippen LogP contribution < -0.4 is 20.3 Å². The molecular weight excluding hydrogens is 386 g/mol. The number of aromatic nitrogens is 4. The first-order valence-electron chi connectivity index (χ1n) is 9.86. The zero-order chi connectivity index (χ0) is 21.3. The van der Waals surface area contributed by atoms with Gasteiger partial charge in [-0.15, -0.1) is 0 Å². The maximum atomic E-state index is 12.6. The quantitative estimate of drug-likeness (QED) is 0.647. The Hall–Kier alpha value is -3.62. The Morgan fingerprint density at radius 2 is 1.87 bits per heavy atom. The van der Waals surface area contributed by atoms with Gasteiger partial charge in [0.05, 0.1) is 18.9 Å². The first-order valence-corrected chi connectivity index (χ1v) is 9.86. The number of H-pyrrole nitrogens is 1. The molecule has 0 saturated heterocycles. The van der Waals surface area contributed by atoms with Crippen LogP contribution in [0.3, 0.4) is 0 Å². The van der Waals surface area contributed by atoms with Crippen LogP contribution in [0.15, 0.2) is 35.1 Å². The van der Waals surface area contributed by atoms with Gasteiger partial charge in [0.2, 0.25) is 5.91 Å². The normalized spacial score (nSPS) is 15.4. The van der Waals surface area contributed by atoms with Gasteiger partial charge in [-0.3, -0.25) is 9.59 Å². The minimum atomic E-state index is -0.309. The smallest absolute Gasteiger partial charge is 0.264 e. The van der Waals surface area contributed by atoms with Crippen molar-refractivity contribution in [2.45, 2.75) is 33.1 Å². The summed E-state index contributed by atoms with van der Waals surface area (Å²) in [4.78, 5) is 23.9. The fourth-order valence-corrected chi connectivity index (χ4v) is 3.74. The number of fused-ring (bicyclic) bond motifs is 1. The number of aromatic amines is 1. The minimum absolute atomic E-state index is 0.120. The second kappa shape index (κ2) is 8.02. The Labute approximate surface area is 173 Å². The summed E-state index contributed by atoms with van der Waals surface area (Å²) in [5.41, 5.74) is 2.32. The molecular formula is C21H23N5O4. The topological polar surface area (TPSA) is 111 Å². The van der Waals surface area contributed by atoms with Crippen LogP contribution in [0.5, 0.6) is 11.5 Å². The number of carbonyl (C=O) groups is 1. The lowest BCUT2D eigenvalue weighted by Gasteiger charge is -2.25. The van der Waals surface area contributed by atoms with Crippen LogP contribution in [0.25, 0.3) is 5.82 Å². The molecule has 3 aromatic rings. The molecule has 30 heavy (non-hydrogen) atoms. The van der Waals surface area contributed by atoms with E-state index in [1.54, 1.807) is 10.7 Å². The van der Waals surface area contributed by atoms with Gasteiger partial charge in [-0.05, 0) is 44.5 Å². The standard InChI is InChI=1S/C21H23N5O4/c1-4-29-15-7-6-13(10-16(15)30-5-2)14-11-19(28)22-21-20(14)12(3)25-26(21)17-8-9-18(27)24-23-17/h6-10,14H,4-5,11H2,1-3H3,(H,22,28)(H,24,27). The summed E-state index contributed by atoms with van der Waals surface area (Å²) in [5, 5.41) is 13.9. The van der Waals surface area contributed by atoms with E-state index in [2.05, 4.69) is 20.6 Å². The first kappa shape index (κ1) is 19.7. The third kappa shape index (κ3) is 3.54.